The lowest BCUT2D eigenvalue weighted by molar-refractivity contribution is -0.158. The van der Waals surface area contributed by atoms with Crippen molar-refractivity contribution in [3.05, 3.63) is 95.9 Å². The summed E-state index contributed by atoms with van der Waals surface area (Å²) in [7, 11) is 0. The van der Waals surface area contributed by atoms with E-state index >= 15 is 0 Å². The van der Waals surface area contributed by atoms with E-state index in [1.54, 1.807) is 48.5 Å². The molecule has 10 nitrogen and oxygen atoms in total. The second-order valence-electron chi connectivity index (χ2n) is 10.3. The fraction of sp³-hybridized carbons (Fsp3) is 0.258. The van der Waals surface area contributed by atoms with Gasteiger partial charge >= 0.3 is 23.8 Å². The Balaban J connectivity index is 1.14. The largest absolute Gasteiger partial charge is 0.460 e. The highest BCUT2D eigenvalue weighted by Gasteiger charge is 2.34. The monoisotopic (exact) mass is 553 g/mol. The summed E-state index contributed by atoms with van der Waals surface area (Å²) in [6, 6.07) is 23.7. The number of hydrogen-bond donors (Lipinski definition) is 3. The Kier molecular flexibility index (Phi) is 8.09. The highest BCUT2D eigenvalue weighted by atomic mass is 16.6. The molecule has 1 heterocycles. The maximum absolute atomic E-state index is 12.7. The summed E-state index contributed by atoms with van der Waals surface area (Å²) in [6.07, 6.45) is 3.48. The molecule has 4 aromatic rings. The van der Waals surface area contributed by atoms with Crippen LogP contribution in [0, 0.1) is 0 Å². The smallest absolute Gasteiger partial charge is 0.320 e. The van der Waals surface area contributed by atoms with Gasteiger partial charge in [0.05, 0.1) is 0 Å². The molecule has 3 N–H and O–H groups in total. The van der Waals surface area contributed by atoms with E-state index < -0.39 is 11.5 Å². The first kappa shape index (κ1) is 27.6. The van der Waals surface area contributed by atoms with Crippen molar-refractivity contribution in [2.45, 2.75) is 51.0 Å². The van der Waals surface area contributed by atoms with Crippen LogP contribution in [0.4, 0.5) is 23.1 Å². The molecule has 0 radical (unpaired) electrons. The molecule has 210 valence electrons. The zero-order chi connectivity index (χ0) is 28.8. The van der Waals surface area contributed by atoms with Gasteiger partial charge in [-0.15, -0.1) is 5.10 Å². The van der Waals surface area contributed by atoms with E-state index in [1.165, 1.54) is 12.5 Å². The van der Waals surface area contributed by atoms with Crippen molar-refractivity contribution in [2.24, 2.45) is 0 Å². The summed E-state index contributed by atoms with van der Waals surface area (Å²) in [4.78, 5) is 36.5. The second-order valence-corrected chi connectivity index (χ2v) is 10.3. The number of anilines is 4. The lowest BCUT2D eigenvalue weighted by Gasteiger charge is -2.36. The Labute approximate surface area is 237 Å². The first-order chi connectivity index (χ1) is 19.8. The number of rotatable bonds is 8. The van der Waals surface area contributed by atoms with E-state index in [0.717, 1.165) is 25.7 Å². The van der Waals surface area contributed by atoms with Crippen molar-refractivity contribution < 1.29 is 23.5 Å². The lowest BCUT2D eigenvalue weighted by atomic mass is 9.77. The van der Waals surface area contributed by atoms with Crippen LogP contribution in [0.25, 0.3) is 0 Å². The average molecular weight is 554 g/mol. The van der Waals surface area contributed by atoms with Crippen molar-refractivity contribution in [3.8, 4) is 0 Å². The molecule has 2 amide bonds. The van der Waals surface area contributed by atoms with Gasteiger partial charge in [-0.2, -0.15) is 0 Å². The van der Waals surface area contributed by atoms with E-state index in [0.29, 0.717) is 28.5 Å². The zero-order valence-electron chi connectivity index (χ0n) is 22.8. The van der Waals surface area contributed by atoms with Crippen LogP contribution in [-0.2, 0) is 9.53 Å². The minimum absolute atomic E-state index is 0.0371. The van der Waals surface area contributed by atoms with Crippen LogP contribution in [0.15, 0.2) is 83.3 Å². The van der Waals surface area contributed by atoms with E-state index in [-0.39, 0.29) is 23.8 Å². The first-order valence-corrected chi connectivity index (χ1v) is 13.4. The molecule has 1 aliphatic rings. The van der Waals surface area contributed by atoms with Crippen molar-refractivity contribution in [1.29, 1.82) is 0 Å². The van der Waals surface area contributed by atoms with Gasteiger partial charge in [0.2, 0.25) is 0 Å². The van der Waals surface area contributed by atoms with Crippen molar-refractivity contribution in [3.63, 3.8) is 0 Å². The van der Waals surface area contributed by atoms with Gasteiger partial charge in [0.15, 0.2) is 0 Å². The first-order valence-electron chi connectivity index (χ1n) is 13.4. The molecule has 0 unspecified atom stereocenters. The number of benzene rings is 3. The van der Waals surface area contributed by atoms with Gasteiger partial charge in [0, 0.05) is 29.5 Å². The van der Waals surface area contributed by atoms with E-state index in [4.69, 9.17) is 9.15 Å². The Hall–Kier alpha value is -4.99. The minimum Gasteiger partial charge on any atom is -0.460 e. The van der Waals surface area contributed by atoms with Crippen molar-refractivity contribution in [1.82, 2.24) is 10.2 Å². The second kappa shape index (κ2) is 12.0. The van der Waals surface area contributed by atoms with E-state index in [2.05, 4.69) is 26.1 Å². The molecule has 3 aromatic carbocycles. The van der Waals surface area contributed by atoms with Crippen molar-refractivity contribution in [2.75, 3.05) is 16.0 Å². The molecule has 41 heavy (non-hydrogen) atoms. The number of nitrogens with zero attached hydrogens (tertiary/aromatic N) is 2. The van der Waals surface area contributed by atoms with Gasteiger partial charge in [-0.3, -0.25) is 14.4 Å². The number of hydrogen-bond acceptors (Lipinski definition) is 8. The third-order valence-electron chi connectivity index (χ3n) is 7.10. The third-order valence-corrected chi connectivity index (χ3v) is 7.10. The maximum Gasteiger partial charge on any atom is 0.320 e. The van der Waals surface area contributed by atoms with Gasteiger partial charge in [-0.05, 0) is 86.6 Å². The van der Waals surface area contributed by atoms with Crippen LogP contribution >= 0.6 is 0 Å². The molecule has 0 aliphatic heterocycles. The van der Waals surface area contributed by atoms with Crippen LogP contribution in [0.2, 0.25) is 0 Å². The summed E-state index contributed by atoms with van der Waals surface area (Å²) in [5.41, 5.74) is 3.11. The molecule has 0 bridgehead atoms. The number of amides is 2. The standard InChI is InChI=1S/C31H31N5O5/c1-20(37)41-31(2)17-15-22(16-18-31)21-11-13-24(14-12-21)32-28(39)29-35-36-30(40-29)34-26-10-6-9-25(19-26)33-27(38)23-7-4-3-5-8-23/h3-14,19,22H,15-18H2,1-2H3,(H,32,39)(H,33,38)(H,34,36). The van der Waals surface area contributed by atoms with Crippen LogP contribution in [0.5, 0.6) is 0 Å². The number of aromatic nitrogens is 2. The SMILES string of the molecule is CC(=O)OC1(C)CCC(c2ccc(NC(=O)c3nnc(Nc4cccc(NC(=O)c5ccccc5)c4)o3)cc2)CC1. The Bertz CT molecular complexity index is 1530. The minimum atomic E-state index is -0.531. The van der Waals surface area contributed by atoms with E-state index in [1.807, 2.05) is 37.3 Å². The number of ether oxygens (including phenoxy) is 1. The third kappa shape index (κ3) is 7.16. The summed E-state index contributed by atoms with van der Waals surface area (Å²) in [6.45, 7) is 3.44. The molecular formula is C31H31N5O5. The number of carbonyl (C=O) groups is 3. The Morgan fingerprint density at radius 3 is 2.22 bits per heavy atom. The summed E-state index contributed by atoms with van der Waals surface area (Å²) in [5, 5.41) is 16.3. The summed E-state index contributed by atoms with van der Waals surface area (Å²) >= 11 is 0. The van der Waals surface area contributed by atoms with Crippen LogP contribution in [-0.4, -0.2) is 33.6 Å². The average Bonchev–Trinajstić information content (AvgIpc) is 3.43. The van der Waals surface area contributed by atoms with Crippen molar-refractivity contribution >= 4 is 40.9 Å². The predicted octanol–water partition coefficient (Wildman–Crippen LogP) is 6.30. The lowest BCUT2D eigenvalue weighted by Crippen LogP contribution is -2.35. The topological polar surface area (TPSA) is 135 Å². The molecule has 5 rings (SSSR count). The number of carbonyl (C=O) groups excluding carboxylic acids is 3. The van der Waals surface area contributed by atoms with Gasteiger partial charge in [-0.1, -0.05) is 41.5 Å². The van der Waals surface area contributed by atoms with Crippen LogP contribution in [0.3, 0.4) is 0 Å². The molecule has 1 saturated carbocycles. The number of esters is 1. The molecule has 10 heteroatoms. The normalized spacial score (nSPS) is 18.2. The molecule has 0 spiro atoms. The highest BCUT2D eigenvalue weighted by molar-refractivity contribution is 6.04. The predicted molar refractivity (Wildman–Crippen MR) is 154 cm³/mol. The molecule has 1 aliphatic carbocycles. The van der Waals surface area contributed by atoms with Crippen LogP contribution in [0.1, 0.15) is 72.1 Å². The van der Waals surface area contributed by atoms with Crippen LogP contribution < -0.4 is 16.0 Å². The molecule has 1 aromatic heterocycles. The van der Waals surface area contributed by atoms with Gasteiger partial charge in [0.25, 0.3) is 5.91 Å². The quantitative estimate of drug-likeness (QED) is 0.216. The molecular weight excluding hydrogens is 522 g/mol. The Morgan fingerprint density at radius 1 is 0.829 bits per heavy atom. The summed E-state index contributed by atoms with van der Waals surface area (Å²) in [5.74, 6) is -0.820. The van der Waals surface area contributed by atoms with Gasteiger partial charge < -0.3 is 25.1 Å². The zero-order valence-corrected chi connectivity index (χ0v) is 22.8. The van der Waals surface area contributed by atoms with E-state index in [9.17, 15) is 14.4 Å². The Morgan fingerprint density at radius 2 is 1.51 bits per heavy atom. The fourth-order valence-corrected chi connectivity index (χ4v) is 4.99. The fourth-order valence-electron chi connectivity index (χ4n) is 4.99. The summed E-state index contributed by atoms with van der Waals surface area (Å²) < 4.78 is 11.0. The highest BCUT2D eigenvalue weighted by Crippen LogP contribution is 2.40. The molecule has 0 atom stereocenters. The molecule has 1 fully saturated rings. The number of nitrogens with one attached hydrogen (secondary N) is 3. The van der Waals surface area contributed by atoms with Gasteiger partial charge in [-0.25, -0.2) is 0 Å². The maximum atomic E-state index is 12.7. The molecule has 0 saturated heterocycles. The van der Waals surface area contributed by atoms with Gasteiger partial charge in [0.1, 0.15) is 5.60 Å².